The first-order chi connectivity index (χ1) is 6.93. The molecule has 0 saturated heterocycles. The van der Waals surface area contributed by atoms with Crippen molar-refractivity contribution >= 4 is 22.6 Å². The molecule has 0 radical (unpaired) electrons. The van der Waals surface area contributed by atoms with Gasteiger partial charge in [0.2, 0.25) is 0 Å². The van der Waals surface area contributed by atoms with Gasteiger partial charge in [-0.15, -0.1) is 12.4 Å². The highest BCUT2D eigenvalue weighted by Gasteiger charge is 2.34. The highest BCUT2D eigenvalue weighted by Crippen LogP contribution is 2.28. The van der Waals surface area contributed by atoms with E-state index in [1.54, 1.807) is 0 Å². The molecule has 0 aromatic heterocycles. The average Bonchev–Trinajstić information content (AvgIpc) is 2.13. The predicted octanol–water partition coefficient (Wildman–Crippen LogP) is 0.466. The number of halogens is 1. The smallest absolute Gasteiger partial charge is 0.279 e. The maximum Gasteiger partial charge on any atom is 0.279 e. The third-order valence-corrected chi connectivity index (χ3v) is 4.71. The van der Waals surface area contributed by atoms with Gasteiger partial charge < -0.3 is 5.73 Å². The highest BCUT2D eigenvalue weighted by atomic mass is 35.5. The van der Waals surface area contributed by atoms with Crippen LogP contribution < -0.4 is 10.5 Å². The zero-order valence-electron chi connectivity index (χ0n) is 9.90. The number of hydrogen-bond donors (Lipinski definition) is 2. The number of rotatable bonds is 6. The van der Waals surface area contributed by atoms with E-state index in [0.717, 1.165) is 19.3 Å². The SMILES string of the molecule is CCN(CC)S(=O)(=O)NCC1(N)CCC1.Cl. The molecule has 1 rings (SSSR count). The van der Waals surface area contributed by atoms with E-state index in [0.29, 0.717) is 19.6 Å². The molecule has 1 saturated carbocycles. The Morgan fingerprint density at radius 2 is 1.81 bits per heavy atom. The normalized spacial score (nSPS) is 19.0. The van der Waals surface area contributed by atoms with E-state index in [-0.39, 0.29) is 17.9 Å². The van der Waals surface area contributed by atoms with Gasteiger partial charge in [0.05, 0.1) is 0 Å². The van der Waals surface area contributed by atoms with Gasteiger partial charge in [0.1, 0.15) is 0 Å². The monoisotopic (exact) mass is 271 g/mol. The van der Waals surface area contributed by atoms with Crippen molar-refractivity contribution in [3.05, 3.63) is 0 Å². The number of nitrogens with two attached hydrogens (primary N) is 1. The van der Waals surface area contributed by atoms with Crippen molar-refractivity contribution in [3.8, 4) is 0 Å². The summed E-state index contributed by atoms with van der Waals surface area (Å²) in [5.41, 5.74) is 5.64. The number of nitrogens with zero attached hydrogens (tertiary/aromatic N) is 1. The van der Waals surface area contributed by atoms with Crippen LogP contribution in [0, 0.1) is 0 Å². The first-order valence-electron chi connectivity index (χ1n) is 5.47. The van der Waals surface area contributed by atoms with Gasteiger partial charge in [-0.05, 0) is 19.3 Å². The van der Waals surface area contributed by atoms with Crippen LogP contribution in [0.4, 0.5) is 0 Å². The molecule has 1 aliphatic rings. The van der Waals surface area contributed by atoms with E-state index in [2.05, 4.69) is 4.72 Å². The molecule has 0 heterocycles. The summed E-state index contributed by atoms with van der Waals surface area (Å²) in [5.74, 6) is 0. The van der Waals surface area contributed by atoms with Gasteiger partial charge in [-0.25, -0.2) is 4.72 Å². The minimum absolute atomic E-state index is 0. The van der Waals surface area contributed by atoms with Gasteiger partial charge in [-0.1, -0.05) is 13.8 Å². The summed E-state index contributed by atoms with van der Waals surface area (Å²) in [4.78, 5) is 0. The van der Waals surface area contributed by atoms with Crippen molar-refractivity contribution in [1.82, 2.24) is 9.03 Å². The van der Waals surface area contributed by atoms with Crippen molar-refractivity contribution in [3.63, 3.8) is 0 Å². The standard InChI is InChI=1S/C9H21N3O2S.ClH/c1-3-12(4-2)15(13,14)11-8-9(10)6-5-7-9;/h11H,3-8,10H2,1-2H3;1H. The van der Waals surface area contributed by atoms with Crippen LogP contribution in [0.3, 0.4) is 0 Å². The molecule has 0 aliphatic heterocycles. The Kier molecular flexibility index (Phi) is 6.21. The second-order valence-electron chi connectivity index (χ2n) is 4.13. The molecule has 1 aliphatic carbocycles. The van der Waals surface area contributed by atoms with E-state index in [1.165, 1.54) is 4.31 Å². The molecular weight excluding hydrogens is 250 g/mol. The summed E-state index contributed by atoms with van der Waals surface area (Å²) in [6.45, 7) is 4.98. The van der Waals surface area contributed by atoms with Crippen LogP contribution >= 0.6 is 12.4 Å². The van der Waals surface area contributed by atoms with Crippen LogP contribution in [0.15, 0.2) is 0 Å². The fraction of sp³-hybridized carbons (Fsp3) is 1.00. The lowest BCUT2D eigenvalue weighted by Crippen LogP contribution is -2.56. The quantitative estimate of drug-likeness (QED) is 0.737. The van der Waals surface area contributed by atoms with E-state index in [4.69, 9.17) is 5.73 Å². The molecule has 5 nitrogen and oxygen atoms in total. The van der Waals surface area contributed by atoms with E-state index < -0.39 is 10.2 Å². The zero-order valence-corrected chi connectivity index (χ0v) is 11.5. The molecular formula is C9H22ClN3O2S. The van der Waals surface area contributed by atoms with Gasteiger partial charge in [-0.3, -0.25) is 0 Å². The summed E-state index contributed by atoms with van der Waals surface area (Å²) < 4.78 is 27.5. The molecule has 0 aromatic carbocycles. The van der Waals surface area contributed by atoms with Crippen LogP contribution in [0.25, 0.3) is 0 Å². The van der Waals surface area contributed by atoms with Gasteiger partial charge in [0.25, 0.3) is 10.2 Å². The zero-order chi connectivity index (χ0) is 11.5. The van der Waals surface area contributed by atoms with Crippen molar-refractivity contribution < 1.29 is 8.42 Å². The lowest BCUT2D eigenvalue weighted by molar-refractivity contribution is 0.249. The Morgan fingerprint density at radius 1 is 1.31 bits per heavy atom. The predicted molar refractivity (Wildman–Crippen MR) is 67.9 cm³/mol. The van der Waals surface area contributed by atoms with Gasteiger partial charge >= 0.3 is 0 Å². The van der Waals surface area contributed by atoms with Crippen LogP contribution in [-0.4, -0.2) is 37.9 Å². The average molecular weight is 272 g/mol. The Hall–Kier alpha value is 0.120. The second kappa shape index (κ2) is 6.16. The van der Waals surface area contributed by atoms with Gasteiger partial charge in [-0.2, -0.15) is 12.7 Å². The largest absolute Gasteiger partial charge is 0.324 e. The summed E-state index contributed by atoms with van der Waals surface area (Å²) in [5, 5.41) is 0. The van der Waals surface area contributed by atoms with E-state index in [1.807, 2.05) is 13.8 Å². The first kappa shape index (κ1) is 16.1. The molecule has 1 fully saturated rings. The molecule has 3 N–H and O–H groups in total. The Bertz CT molecular complexity index is 300. The third kappa shape index (κ3) is 3.85. The number of nitrogens with one attached hydrogen (secondary N) is 1. The van der Waals surface area contributed by atoms with Crippen LogP contribution in [0.1, 0.15) is 33.1 Å². The van der Waals surface area contributed by atoms with Gasteiger partial charge in [0.15, 0.2) is 0 Å². The topological polar surface area (TPSA) is 75.4 Å². The van der Waals surface area contributed by atoms with Gasteiger partial charge in [0, 0.05) is 25.2 Å². The minimum atomic E-state index is -3.33. The fourth-order valence-corrected chi connectivity index (χ4v) is 3.03. The lowest BCUT2D eigenvalue weighted by atomic mass is 9.78. The first-order valence-corrected chi connectivity index (χ1v) is 6.91. The maximum atomic E-state index is 11.7. The second-order valence-corrected chi connectivity index (χ2v) is 5.88. The molecule has 0 atom stereocenters. The van der Waals surface area contributed by atoms with Crippen LogP contribution in [0.2, 0.25) is 0 Å². The van der Waals surface area contributed by atoms with E-state index in [9.17, 15) is 8.42 Å². The molecule has 98 valence electrons. The molecule has 0 bridgehead atoms. The Labute approximate surface area is 104 Å². The summed E-state index contributed by atoms with van der Waals surface area (Å²) in [7, 11) is -3.33. The van der Waals surface area contributed by atoms with Crippen molar-refractivity contribution in [1.29, 1.82) is 0 Å². The molecule has 0 unspecified atom stereocenters. The van der Waals surface area contributed by atoms with E-state index >= 15 is 0 Å². The van der Waals surface area contributed by atoms with Crippen molar-refractivity contribution in [2.24, 2.45) is 5.73 Å². The molecule has 0 spiro atoms. The highest BCUT2D eigenvalue weighted by molar-refractivity contribution is 7.87. The molecule has 16 heavy (non-hydrogen) atoms. The maximum absolute atomic E-state index is 11.7. The van der Waals surface area contributed by atoms with Crippen molar-refractivity contribution in [2.45, 2.75) is 38.6 Å². The van der Waals surface area contributed by atoms with Crippen LogP contribution in [-0.2, 0) is 10.2 Å². The van der Waals surface area contributed by atoms with Crippen LogP contribution in [0.5, 0.6) is 0 Å². The Morgan fingerprint density at radius 3 is 2.12 bits per heavy atom. The molecule has 0 amide bonds. The summed E-state index contributed by atoms with van der Waals surface area (Å²) in [6, 6.07) is 0. The molecule has 0 aromatic rings. The summed E-state index contributed by atoms with van der Waals surface area (Å²) >= 11 is 0. The Balaban J connectivity index is 0.00000225. The minimum Gasteiger partial charge on any atom is -0.324 e. The lowest BCUT2D eigenvalue weighted by Gasteiger charge is -2.38. The third-order valence-electron chi connectivity index (χ3n) is 3.00. The number of hydrogen-bond acceptors (Lipinski definition) is 3. The molecule has 7 heteroatoms. The fourth-order valence-electron chi connectivity index (χ4n) is 1.70. The van der Waals surface area contributed by atoms with Crippen molar-refractivity contribution in [2.75, 3.05) is 19.6 Å². The summed E-state index contributed by atoms with van der Waals surface area (Å²) in [6.07, 6.45) is 2.92.